The SMILES string of the molecule is CCc1cccc(CC)c1NCC(=O)Nc1ccc(N(C)C)cc1. The van der Waals surface area contributed by atoms with Crippen molar-refractivity contribution in [1.29, 1.82) is 0 Å². The van der Waals surface area contributed by atoms with Crippen molar-refractivity contribution in [2.24, 2.45) is 0 Å². The van der Waals surface area contributed by atoms with Gasteiger partial charge >= 0.3 is 0 Å². The summed E-state index contributed by atoms with van der Waals surface area (Å²) in [5.74, 6) is -0.0411. The van der Waals surface area contributed by atoms with E-state index in [1.165, 1.54) is 11.1 Å². The minimum absolute atomic E-state index is 0.0411. The number of hydrogen-bond acceptors (Lipinski definition) is 3. The first-order valence-corrected chi connectivity index (χ1v) is 8.47. The number of rotatable bonds is 7. The summed E-state index contributed by atoms with van der Waals surface area (Å²) in [6.07, 6.45) is 1.90. The molecule has 0 bridgehead atoms. The molecule has 0 atom stereocenters. The third kappa shape index (κ3) is 4.51. The fraction of sp³-hybridized carbons (Fsp3) is 0.350. The number of carbonyl (C=O) groups is 1. The minimum atomic E-state index is -0.0411. The van der Waals surface area contributed by atoms with Crippen LogP contribution in [0.25, 0.3) is 0 Å². The quantitative estimate of drug-likeness (QED) is 0.811. The van der Waals surface area contributed by atoms with Gasteiger partial charge < -0.3 is 15.5 Å². The number of nitrogens with zero attached hydrogens (tertiary/aromatic N) is 1. The Morgan fingerprint density at radius 1 is 0.958 bits per heavy atom. The van der Waals surface area contributed by atoms with Gasteiger partial charge in [0.25, 0.3) is 0 Å². The van der Waals surface area contributed by atoms with Crippen molar-refractivity contribution in [1.82, 2.24) is 0 Å². The molecular formula is C20H27N3O. The second-order valence-electron chi connectivity index (χ2n) is 6.00. The molecule has 2 aromatic rings. The molecule has 4 heteroatoms. The molecule has 0 saturated carbocycles. The number of para-hydroxylation sites is 1. The Bertz CT molecular complexity index is 656. The lowest BCUT2D eigenvalue weighted by atomic mass is 10.0. The second-order valence-corrected chi connectivity index (χ2v) is 6.00. The van der Waals surface area contributed by atoms with Crippen molar-refractivity contribution < 1.29 is 4.79 Å². The van der Waals surface area contributed by atoms with E-state index in [9.17, 15) is 4.79 Å². The fourth-order valence-electron chi connectivity index (χ4n) is 2.69. The third-order valence-corrected chi connectivity index (χ3v) is 4.09. The number of amides is 1. The van der Waals surface area contributed by atoms with E-state index >= 15 is 0 Å². The van der Waals surface area contributed by atoms with Crippen molar-refractivity contribution in [3.05, 3.63) is 53.6 Å². The third-order valence-electron chi connectivity index (χ3n) is 4.09. The zero-order valence-electron chi connectivity index (χ0n) is 15.0. The molecule has 2 aromatic carbocycles. The molecule has 0 radical (unpaired) electrons. The van der Waals surface area contributed by atoms with E-state index in [1.54, 1.807) is 0 Å². The average Bonchev–Trinajstić information content (AvgIpc) is 2.59. The minimum Gasteiger partial charge on any atom is -0.378 e. The standard InChI is InChI=1S/C20H27N3O/c1-5-15-8-7-9-16(6-2)20(15)21-14-19(24)22-17-10-12-18(13-11-17)23(3)4/h7-13,21H,5-6,14H2,1-4H3,(H,22,24). The molecule has 4 nitrogen and oxygen atoms in total. The molecule has 1 amide bonds. The molecule has 0 heterocycles. The highest BCUT2D eigenvalue weighted by molar-refractivity contribution is 5.94. The molecule has 128 valence electrons. The lowest BCUT2D eigenvalue weighted by Gasteiger charge is -2.16. The smallest absolute Gasteiger partial charge is 0.243 e. The highest BCUT2D eigenvalue weighted by Crippen LogP contribution is 2.22. The van der Waals surface area contributed by atoms with Gasteiger partial charge in [0.1, 0.15) is 0 Å². The molecule has 0 spiro atoms. The summed E-state index contributed by atoms with van der Waals surface area (Å²) in [5.41, 5.74) is 5.51. The van der Waals surface area contributed by atoms with E-state index in [2.05, 4.69) is 42.7 Å². The van der Waals surface area contributed by atoms with E-state index in [0.717, 1.165) is 29.9 Å². The maximum absolute atomic E-state index is 12.2. The van der Waals surface area contributed by atoms with Crippen LogP contribution in [0.15, 0.2) is 42.5 Å². The average molecular weight is 325 g/mol. The van der Waals surface area contributed by atoms with E-state index in [1.807, 2.05) is 43.3 Å². The molecule has 0 unspecified atom stereocenters. The molecule has 0 aromatic heterocycles. The zero-order chi connectivity index (χ0) is 17.5. The molecule has 24 heavy (non-hydrogen) atoms. The lowest BCUT2D eigenvalue weighted by Crippen LogP contribution is -2.22. The van der Waals surface area contributed by atoms with E-state index < -0.39 is 0 Å². The van der Waals surface area contributed by atoms with Gasteiger partial charge in [0.15, 0.2) is 0 Å². The predicted molar refractivity (Wildman–Crippen MR) is 103 cm³/mol. The molecular weight excluding hydrogens is 298 g/mol. The Morgan fingerprint density at radius 3 is 2.04 bits per heavy atom. The summed E-state index contributed by atoms with van der Waals surface area (Å²) in [7, 11) is 3.99. The fourth-order valence-corrected chi connectivity index (χ4v) is 2.69. The van der Waals surface area contributed by atoms with Crippen molar-refractivity contribution >= 4 is 23.0 Å². The maximum Gasteiger partial charge on any atom is 0.243 e. The van der Waals surface area contributed by atoms with Crippen molar-refractivity contribution in [2.45, 2.75) is 26.7 Å². The van der Waals surface area contributed by atoms with E-state index in [-0.39, 0.29) is 12.5 Å². The Hall–Kier alpha value is -2.49. The lowest BCUT2D eigenvalue weighted by molar-refractivity contribution is -0.114. The largest absolute Gasteiger partial charge is 0.378 e. The van der Waals surface area contributed by atoms with Gasteiger partial charge in [-0.05, 0) is 48.2 Å². The van der Waals surface area contributed by atoms with Gasteiger partial charge in [-0.15, -0.1) is 0 Å². The van der Waals surface area contributed by atoms with Crippen LogP contribution in [0.1, 0.15) is 25.0 Å². The van der Waals surface area contributed by atoms with Gasteiger partial charge in [0.2, 0.25) is 5.91 Å². The molecule has 2 rings (SSSR count). The van der Waals surface area contributed by atoms with Crippen LogP contribution < -0.4 is 15.5 Å². The molecule has 0 aliphatic carbocycles. The van der Waals surface area contributed by atoms with E-state index in [0.29, 0.717) is 0 Å². The molecule has 0 saturated heterocycles. The molecule has 0 aliphatic heterocycles. The Morgan fingerprint density at radius 2 is 1.54 bits per heavy atom. The topological polar surface area (TPSA) is 44.4 Å². The highest BCUT2D eigenvalue weighted by atomic mass is 16.1. The number of aryl methyl sites for hydroxylation is 2. The van der Waals surface area contributed by atoms with Crippen LogP contribution in [-0.2, 0) is 17.6 Å². The van der Waals surface area contributed by atoms with Gasteiger partial charge in [-0.2, -0.15) is 0 Å². The first-order chi connectivity index (χ1) is 11.5. The zero-order valence-corrected chi connectivity index (χ0v) is 15.0. The Labute approximate surface area is 144 Å². The van der Waals surface area contributed by atoms with Gasteiger partial charge in [0, 0.05) is 31.2 Å². The van der Waals surface area contributed by atoms with Crippen molar-refractivity contribution in [3.8, 4) is 0 Å². The first kappa shape index (κ1) is 17.9. The monoisotopic (exact) mass is 325 g/mol. The summed E-state index contributed by atoms with van der Waals surface area (Å²) in [6.45, 7) is 4.53. The van der Waals surface area contributed by atoms with E-state index in [4.69, 9.17) is 0 Å². The van der Waals surface area contributed by atoms with Crippen LogP contribution in [0.2, 0.25) is 0 Å². The predicted octanol–water partition coefficient (Wildman–Crippen LogP) is 3.93. The van der Waals surface area contributed by atoms with Crippen LogP contribution >= 0.6 is 0 Å². The Balaban J connectivity index is 1.98. The van der Waals surface area contributed by atoms with Gasteiger partial charge in [0.05, 0.1) is 6.54 Å². The van der Waals surface area contributed by atoms with Gasteiger partial charge in [-0.3, -0.25) is 4.79 Å². The van der Waals surface area contributed by atoms with Crippen molar-refractivity contribution in [2.75, 3.05) is 36.2 Å². The number of hydrogen-bond donors (Lipinski definition) is 2. The second kappa shape index (κ2) is 8.39. The van der Waals surface area contributed by atoms with Crippen LogP contribution in [0.3, 0.4) is 0 Å². The normalized spacial score (nSPS) is 10.3. The summed E-state index contributed by atoms with van der Waals surface area (Å²) in [6, 6.07) is 14.1. The number of benzene rings is 2. The van der Waals surface area contributed by atoms with Crippen molar-refractivity contribution in [3.63, 3.8) is 0 Å². The van der Waals surface area contributed by atoms with Gasteiger partial charge in [-0.1, -0.05) is 32.0 Å². The van der Waals surface area contributed by atoms with Crippen LogP contribution in [0.4, 0.5) is 17.1 Å². The van der Waals surface area contributed by atoms with Gasteiger partial charge in [-0.25, -0.2) is 0 Å². The summed E-state index contributed by atoms with van der Waals surface area (Å²) < 4.78 is 0. The maximum atomic E-state index is 12.2. The molecule has 0 aliphatic rings. The summed E-state index contributed by atoms with van der Waals surface area (Å²) >= 11 is 0. The molecule has 0 fully saturated rings. The number of anilines is 3. The van der Waals surface area contributed by atoms with Crippen LogP contribution in [0, 0.1) is 0 Å². The highest BCUT2D eigenvalue weighted by Gasteiger charge is 2.08. The first-order valence-electron chi connectivity index (χ1n) is 8.47. The Kier molecular flexibility index (Phi) is 6.24. The summed E-state index contributed by atoms with van der Waals surface area (Å²) in [5, 5.41) is 6.25. The number of nitrogens with one attached hydrogen (secondary N) is 2. The number of carbonyl (C=O) groups excluding carboxylic acids is 1. The summed E-state index contributed by atoms with van der Waals surface area (Å²) in [4.78, 5) is 14.2. The van der Waals surface area contributed by atoms with Crippen LogP contribution in [0.5, 0.6) is 0 Å². The molecule has 2 N–H and O–H groups in total. The van der Waals surface area contributed by atoms with Crippen LogP contribution in [-0.4, -0.2) is 26.5 Å².